The number of aromatic nitrogens is 2. The zero-order valence-corrected chi connectivity index (χ0v) is 24.1. The molecule has 0 spiro atoms. The summed E-state index contributed by atoms with van der Waals surface area (Å²) < 4.78 is 4.80. The third kappa shape index (κ3) is 3.61. The maximum Gasteiger partial charge on any atom is 0.0626 e. The minimum Gasteiger partial charge on any atom is -0.316 e. The molecule has 2 heterocycles. The Morgan fingerprint density at radius 3 is 1.59 bits per heavy atom. The van der Waals surface area contributed by atoms with Crippen LogP contribution in [0.2, 0.25) is 0 Å². The van der Waals surface area contributed by atoms with Crippen LogP contribution in [0.25, 0.3) is 77.1 Å². The second-order valence-electron chi connectivity index (χ2n) is 11.3. The van der Waals surface area contributed by atoms with Crippen molar-refractivity contribution in [3.8, 4) is 33.6 Å². The van der Waals surface area contributed by atoms with E-state index in [1.807, 2.05) is 0 Å². The average Bonchev–Trinajstić information content (AvgIpc) is 3.66. The topological polar surface area (TPSA) is 9.86 Å². The van der Waals surface area contributed by atoms with E-state index in [9.17, 15) is 0 Å². The van der Waals surface area contributed by atoms with Crippen LogP contribution in [0.1, 0.15) is 0 Å². The van der Waals surface area contributed by atoms with E-state index in [1.165, 1.54) is 65.7 Å². The van der Waals surface area contributed by atoms with Gasteiger partial charge < -0.3 is 9.13 Å². The van der Waals surface area contributed by atoms with Crippen LogP contribution in [0, 0.1) is 0 Å². The largest absolute Gasteiger partial charge is 0.316 e. The van der Waals surface area contributed by atoms with E-state index in [1.54, 1.807) is 0 Å². The highest BCUT2D eigenvalue weighted by molar-refractivity contribution is 6.30. The fourth-order valence-electron chi connectivity index (χ4n) is 7.12. The van der Waals surface area contributed by atoms with Gasteiger partial charge in [0.15, 0.2) is 0 Å². The lowest BCUT2D eigenvalue weighted by atomic mass is 9.86. The Labute approximate surface area is 255 Å². The molecule has 0 amide bonds. The number of hydrogen-bond donors (Lipinski definition) is 0. The highest BCUT2D eigenvalue weighted by Crippen LogP contribution is 2.50. The Hall–Kier alpha value is -5.86. The maximum atomic E-state index is 2.46. The zero-order chi connectivity index (χ0) is 29.0. The highest BCUT2D eigenvalue weighted by atomic mass is 15.0. The minimum absolute atomic E-state index is 1.15. The van der Waals surface area contributed by atoms with E-state index < -0.39 is 0 Å². The van der Waals surface area contributed by atoms with E-state index in [0.717, 1.165) is 11.4 Å². The molecule has 0 saturated heterocycles. The first-order valence-corrected chi connectivity index (χ1v) is 15.1. The van der Waals surface area contributed by atoms with Gasteiger partial charge in [0.25, 0.3) is 0 Å². The molecule has 0 aliphatic heterocycles. The molecule has 0 N–H and O–H groups in total. The molecule has 7 aromatic carbocycles. The van der Waals surface area contributed by atoms with Gasteiger partial charge in [-0.3, -0.25) is 0 Å². The van der Waals surface area contributed by atoms with Gasteiger partial charge >= 0.3 is 0 Å². The van der Waals surface area contributed by atoms with E-state index in [2.05, 4.69) is 179 Å². The van der Waals surface area contributed by atoms with Gasteiger partial charge in [0.1, 0.15) is 0 Å². The first kappa shape index (κ1) is 24.7. The normalized spacial score (nSPS) is 11.6. The van der Waals surface area contributed by atoms with Crippen molar-refractivity contribution in [2.24, 2.45) is 0 Å². The summed E-state index contributed by atoms with van der Waals surface area (Å²) in [7, 11) is 0. The second-order valence-corrected chi connectivity index (χ2v) is 11.3. The number of benzene rings is 7. The number of para-hydroxylation sites is 4. The van der Waals surface area contributed by atoms with Gasteiger partial charge in [0, 0.05) is 50.2 Å². The standard InChI is InChI=1S/C42H28N2/c1-4-16-29(17-5-1)39-33-23-10-11-24-34(33)42-41(35-25-13-15-27-38(35)44(42)31-20-8-3-9-21-31)40(39)36-28-43(30-18-6-2-7-19-30)37-26-14-12-22-32(36)37/h1-28H. The lowest BCUT2D eigenvalue weighted by Gasteiger charge is -2.18. The predicted molar refractivity (Wildman–Crippen MR) is 186 cm³/mol. The molecule has 44 heavy (non-hydrogen) atoms. The van der Waals surface area contributed by atoms with Gasteiger partial charge in [-0.1, -0.05) is 127 Å². The van der Waals surface area contributed by atoms with Gasteiger partial charge in [-0.25, -0.2) is 0 Å². The Balaban J connectivity index is 1.57. The van der Waals surface area contributed by atoms with Crippen LogP contribution >= 0.6 is 0 Å². The van der Waals surface area contributed by atoms with Crippen molar-refractivity contribution in [2.45, 2.75) is 0 Å². The molecule has 0 bridgehead atoms. The third-order valence-electron chi connectivity index (χ3n) is 8.92. The quantitative estimate of drug-likeness (QED) is 0.203. The summed E-state index contributed by atoms with van der Waals surface area (Å²) in [5.74, 6) is 0. The molecule has 0 radical (unpaired) electrons. The lowest BCUT2D eigenvalue weighted by Crippen LogP contribution is -1.96. The van der Waals surface area contributed by atoms with Crippen molar-refractivity contribution in [3.05, 3.63) is 170 Å². The van der Waals surface area contributed by atoms with Crippen molar-refractivity contribution >= 4 is 43.5 Å². The number of fused-ring (bicyclic) bond motifs is 6. The molecule has 0 aliphatic carbocycles. The van der Waals surface area contributed by atoms with E-state index in [4.69, 9.17) is 0 Å². The van der Waals surface area contributed by atoms with Crippen LogP contribution in [-0.2, 0) is 0 Å². The lowest BCUT2D eigenvalue weighted by molar-refractivity contribution is 1.13. The minimum atomic E-state index is 1.15. The first-order chi connectivity index (χ1) is 21.9. The van der Waals surface area contributed by atoms with Crippen molar-refractivity contribution < 1.29 is 0 Å². The van der Waals surface area contributed by atoms with Crippen molar-refractivity contribution in [3.63, 3.8) is 0 Å². The van der Waals surface area contributed by atoms with E-state index in [-0.39, 0.29) is 0 Å². The first-order valence-electron chi connectivity index (χ1n) is 15.1. The number of nitrogens with zero attached hydrogens (tertiary/aromatic N) is 2. The fourth-order valence-corrected chi connectivity index (χ4v) is 7.12. The third-order valence-corrected chi connectivity index (χ3v) is 8.92. The summed E-state index contributed by atoms with van der Waals surface area (Å²) in [4.78, 5) is 0. The molecule has 2 heteroatoms. The maximum absolute atomic E-state index is 2.46. The second kappa shape index (κ2) is 9.86. The molecule has 0 fully saturated rings. The van der Waals surface area contributed by atoms with Crippen molar-refractivity contribution in [1.82, 2.24) is 9.13 Å². The van der Waals surface area contributed by atoms with Crippen molar-refractivity contribution in [1.29, 1.82) is 0 Å². The summed E-state index contributed by atoms with van der Waals surface area (Å²) in [6.45, 7) is 0. The molecule has 2 nitrogen and oxygen atoms in total. The molecule has 0 unspecified atom stereocenters. The highest BCUT2D eigenvalue weighted by Gasteiger charge is 2.26. The van der Waals surface area contributed by atoms with Gasteiger partial charge in [-0.15, -0.1) is 0 Å². The Bertz CT molecular complexity index is 2470. The molecule has 0 aliphatic rings. The van der Waals surface area contributed by atoms with Gasteiger partial charge in [-0.05, 0) is 52.9 Å². The Morgan fingerprint density at radius 1 is 0.364 bits per heavy atom. The Morgan fingerprint density at radius 2 is 0.886 bits per heavy atom. The van der Waals surface area contributed by atoms with E-state index in [0.29, 0.717) is 0 Å². The number of hydrogen-bond acceptors (Lipinski definition) is 0. The summed E-state index contributed by atoms with van der Waals surface area (Å²) >= 11 is 0. The monoisotopic (exact) mass is 560 g/mol. The molecule has 9 aromatic rings. The van der Waals surface area contributed by atoms with Gasteiger partial charge in [0.2, 0.25) is 0 Å². The average molecular weight is 561 g/mol. The van der Waals surface area contributed by atoms with Gasteiger partial charge in [-0.2, -0.15) is 0 Å². The van der Waals surface area contributed by atoms with Crippen molar-refractivity contribution in [2.75, 3.05) is 0 Å². The summed E-state index contributed by atoms with van der Waals surface area (Å²) in [6.07, 6.45) is 2.35. The van der Waals surface area contributed by atoms with Gasteiger partial charge in [0.05, 0.1) is 16.6 Å². The predicted octanol–water partition coefficient (Wildman–Crippen LogP) is 11.2. The summed E-state index contributed by atoms with van der Waals surface area (Å²) in [5.41, 5.74) is 10.9. The smallest absolute Gasteiger partial charge is 0.0626 e. The summed E-state index contributed by atoms with van der Waals surface area (Å²) in [6, 6.07) is 59.0. The molecule has 9 rings (SSSR count). The summed E-state index contributed by atoms with van der Waals surface area (Å²) in [5, 5.41) is 6.26. The molecule has 0 saturated carbocycles. The fraction of sp³-hybridized carbons (Fsp3) is 0. The van der Waals surface area contributed by atoms with Crippen LogP contribution in [-0.4, -0.2) is 9.13 Å². The zero-order valence-electron chi connectivity index (χ0n) is 24.1. The van der Waals surface area contributed by atoms with E-state index >= 15 is 0 Å². The van der Waals surface area contributed by atoms with Crippen LogP contribution in [0.15, 0.2) is 170 Å². The SMILES string of the molecule is c1ccc(-c2c(-c3cn(-c4ccccc4)c4ccccc34)c3c4ccccc4n(-c4ccccc4)c3c3ccccc23)cc1. The molecule has 206 valence electrons. The molecule has 2 aromatic heterocycles. The molecular formula is C42H28N2. The van der Waals surface area contributed by atoms with Crippen LogP contribution < -0.4 is 0 Å². The molecule has 0 atom stereocenters. The molecular weight excluding hydrogens is 532 g/mol. The number of rotatable bonds is 4. The van der Waals surface area contributed by atoms with Crippen LogP contribution in [0.4, 0.5) is 0 Å². The van der Waals surface area contributed by atoms with Crippen LogP contribution in [0.3, 0.4) is 0 Å². The Kier molecular flexibility index (Phi) is 5.54. The van der Waals surface area contributed by atoms with Crippen LogP contribution in [0.5, 0.6) is 0 Å².